The van der Waals surface area contributed by atoms with Crippen LogP contribution in [0.25, 0.3) is 0 Å². The summed E-state index contributed by atoms with van der Waals surface area (Å²) < 4.78 is 25.6. The van der Waals surface area contributed by atoms with E-state index in [1.54, 1.807) is 38.2 Å². The molecule has 1 rings (SSSR count). The third kappa shape index (κ3) is 3.18. The van der Waals surface area contributed by atoms with Crippen LogP contribution >= 0.6 is 0 Å². The Bertz CT molecular complexity index is 471. The number of nitrogens with zero attached hydrogens (tertiary/aromatic N) is 1. The zero-order chi connectivity index (χ0) is 13.1. The number of aliphatic hydroxyl groups excluding tert-OH is 1. The van der Waals surface area contributed by atoms with E-state index in [0.717, 1.165) is 4.31 Å². The van der Waals surface area contributed by atoms with Crippen LogP contribution in [0.5, 0.6) is 0 Å². The average Bonchev–Trinajstić information content (AvgIpc) is 2.28. The van der Waals surface area contributed by atoms with Crippen molar-refractivity contribution in [2.24, 2.45) is 0 Å². The summed E-state index contributed by atoms with van der Waals surface area (Å²) >= 11 is 0. The van der Waals surface area contributed by atoms with Crippen molar-refractivity contribution < 1.29 is 13.5 Å². The molecule has 1 unspecified atom stereocenters. The number of benzene rings is 1. The molecule has 0 amide bonds. The van der Waals surface area contributed by atoms with Crippen LogP contribution in [0.4, 0.5) is 5.69 Å². The summed E-state index contributed by atoms with van der Waals surface area (Å²) in [5.74, 6) is 0. The Morgan fingerprint density at radius 3 is 2.53 bits per heavy atom. The lowest BCUT2D eigenvalue weighted by molar-refractivity contribution is 0.171. The zero-order valence-corrected chi connectivity index (χ0v) is 11.0. The van der Waals surface area contributed by atoms with Gasteiger partial charge < -0.3 is 10.4 Å². The summed E-state index contributed by atoms with van der Waals surface area (Å²) in [4.78, 5) is 0.214. The molecular weight excluding hydrogens is 240 g/mol. The van der Waals surface area contributed by atoms with Crippen molar-refractivity contribution in [3.05, 3.63) is 24.3 Å². The maximum Gasteiger partial charge on any atom is 0.244 e. The van der Waals surface area contributed by atoms with Crippen molar-refractivity contribution in [1.29, 1.82) is 0 Å². The number of hydrogen-bond acceptors (Lipinski definition) is 4. The van der Waals surface area contributed by atoms with Gasteiger partial charge in [-0.1, -0.05) is 12.1 Å². The zero-order valence-electron chi connectivity index (χ0n) is 10.2. The van der Waals surface area contributed by atoms with Gasteiger partial charge in [0.15, 0.2) is 0 Å². The number of likely N-dealkylation sites (N-methyl/N-ethyl adjacent to an activating group) is 1. The molecule has 0 bridgehead atoms. The van der Waals surface area contributed by atoms with Crippen molar-refractivity contribution in [3.63, 3.8) is 0 Å². The molecule has 0 spiro atoms. The Hall–Kier alpha value is -1.11. The lowest BCUT2D eigenvalue weighted by Crippen LogP contribution is -2.33. The van der Waals surface area contributed by atoms with Gasteiger partial charge in [0.1, 0.15) is 4.90 Å². The highest BCUT2D eigenvalue weighted by Gasteiger charge is 2.24. The van der Waals surface area contributed by atoms with Crippen LogP contribution in [0, 0.1) is 0 Å². The molecule has 6 heteroatoms. The molecule has 0 aromatic heterocycles. The lowest BCUT2D eigenvalue weighted by Gasteiger charge is -2.20. The molecular formula is C11H18N2O3S. The Labute approximate surface area is 102 Å². The monoisotopic (exact) mass is 258 g/mol. The van der Waals surface area contributed by atoms with Crippen molar-refractivity contribution in [1.82, 2.24) is 4.31 Å². The standard InChI is InChI=1S/C11H18N2O3S/c1-9(14)8-13(3)17(15,16)11-7-5-4-6-10(11)12-2/h4-7,9,12,14H,8H2,1-3H3. The van der Waals surface area contributed by atoms with Crippen LogP contribution in [-0.4, -0.2) is 44.6 Å². The number of para-hydroxylation sites is 1. The lowest BCUT2D eigenvalue weighted by atomic mass is 10.3. The summed E-state index contributed by atoms with van der Waals surface area (Å²) in [5.41, 5.74) is 0.546. The third-order valence-corrected chi connectivity index (χ3v) is 4.25. The minimum atomic E-state index is -3.57. The molecule has 2 N–H and O–H groups in total. The van der Waals surface area contributed by atoms with E-state index in [1.165, 1.54) is 7.05 Å². The van der Waals surface area contributed by atoms with E-state index in [-0.39, 0.29) is 11.4 Å². The van der Waals surface area contributed by atoms with Crippen molar-refractivity contribution in [3.8, 4) is 0 Å². The van der Waals surface area contributed by atoms with Gasteiger partial charge in [-0.25, -0.2) is 8.42 Å². The molecule has 1 aromatic rings. The summed E-state index contributed by atoms with van der Waals surface area (Å²) in [6, 6.07) is 6.67. The Balaban J connectivity index is 3.13. The number of sulfonamides is 1. The van der Waals surface area contributed by atoms with E-state index in [0.29, 0.717) is 5.69 Å². The molecule has 1 aromatic carbocycles. The van der Waals surface area contributed by atoms with Gasteiger partial charge in [0.2, 0.25) is 10.0 Å². The summed E-state index contributed by atoms with van der Waals surface area (Å²) in [6.45, 7) is 1.62. The average molecular weight is 258 g/mol. The van der Waals surface area contributed by atoms with E-state index in [1.807, 2.05) is 0 Å². The molecule has 0 fully saturated rings. The smallest absolute Gasteiger partial charge is 0.244 e. The van der Waals surface area contributed by atoms with E-state index < -0.39 is 16.1 Å². The second-order valence-electron chi connectivity index (χ2n) is 3.88. The van der Waals surface area contributed by atoms with Crippen molar-refractivity contribution in [2.45, 2.75) is 17.9 Å². The molecule has 0 saturated heterocycles. The molecule has 5 nitrogen and oxygen atoms in total. The van der Waals surface area contributed by atoms with Gasteiger partial charge in [-0.05, 0) is 19.1 Å². The van der Waals surface area contributed by atoms with Crippen LogP contribution in [0.3, 0.4) is 0 Å². The molecule has 96 valence electrons. The second-order valence-corrected chi connectivity index (χ2v) is 5.89. The number of nitrogens with one attached hydrogen (secondary N) is 1. The highest BCUT2D eigenvalue weighted by Crippen LogP contribution is 2.23. The molecule has 0 aliphatic rings. The fraction of sp³-hybridized carbons (Fsp3) is 0.455. The molecule has 0 heterocycles. The molecule has 1 atom stereocenters. The number of aliphatic hydroxyl groups is 1. The Morgan fingerprint density at radius 2 is 2.00 bits per heavy atom. The fourth-order valence-corrected chi connectivity index (χ4v) is 2.98. The van der Waals surface area contributed by atoms with E-state index in [4.69, 9.17) is 0 Å². The SMILES string of the molecule is CNc1ccccc1S(=O)(=O)N(C)CC(C)O. The second kappa shape index (κ2) is 5.48. The van der Waals surface area contributed by atoms with Gasteiger partial charge in [-0.2, -0.15) is 4.31 Å². The predicted molar refractivity (Wildman–Crippen MR) is 67.5 cm³/mol. The summed E-state index contributed by atoms with van der Waals surface area (Å²) in [7, 11) is -0.443. The van der Waals surface area contributed by atoms with Crippen molar-refractivity contribution in [2.75, 3.05) is 26.0 Å². The first kappa shape index (κ1) is 14.0. The molecule has 17 heavy (non-hydrogen) atoms. The van der Waals surface area contributed by atoms with Gasteiger partial charge in [0, 0.05) is 20.6 Å². The minimum absolute atomic E-state index is 0.0698. The highest BCUT2D eigenvalue weighted by molar-refractivity contribution is 7.89. The van der Waals surface area contributed by atoms with Crippen LogP contribution in [0.1, 0.15) is 6.92 Å². The van der Waals surface area contributed by atoms with Gasteiger partial charge in [-0.3, -0.25) is 0 Å². The fourth-order valence-electron chi connectivity index (χ4n) is 1.54. The maximum absolute atomic E-state index is 12.2. The topological polar surface area (TPSA) is 69.6 Å². The van der Waals surface area contributed by atoms with Gasteiger partial charge in [0.05, 0.1) is 11.8 Å². The first-order valence-electron chi connectivity index (χ1n) is 5.30. The van der Waals surface area contributed by atoms with Crippen LogP contribution in [-0.2, 0) is 10.0 Å². The van der Waals surface area contributed by atoms with Gasteiger partial charge >= 0.3 is 0 Å². The first-order valence-corrected chi connectivity index (χ1v) is 6.74. The quantitative estimate of drug-likeness (QED) is 0.817. The van der Waals surface area contributed by atoms with E-state index in [9.17, 15) is 13.5 Å². The number of anilines is 1. The summed E-state index contributed by atoms with van der Waals surface area (Å²) in [5, 5.41) is 12.1. The number of hydrogen-bond donors (Lipinski definition) is 2. The molecule has 0 aliphatic heterocycles. The Kier molecular flexibility index (Phi) is 4.50. The molecule has 0 aliphatic carbocycles. The first-order chi connectivity index (χ1) is 7.89. The highest BCUT2D eigenvalue weighted by atomic mass is 32.2. The van der Waals surface area contributed by atoms with Crippen LogP contribution < -0.4 is 5.32 Å². The van der Waals surface area contributed by atoms with Crippen LogP contribution in [0.15, 0.2) is 29.2 Å². The molecule has 0 radical (unpaired) electrons. The van der Waals surface area contributed by atoms with Gasteiger partial charge in [0.25, 0.3) is 0 Å². The normalized spacial score (nSPS) is 13.7. The van der Waals surface area contributed by atoms with Crippen molar-refractivity contribution >= 4 is 15.7 Å². The van der Waals surface area contributed by atoms with E-state index in [2.05, 4.69) is 5.32 Å². The summed E-state index contributed by atoms with van der Waals surface area (Å²) in [6.07, 6.45) is -0.698. The number of rotatable bonds is 5. The predicted octanol–water partition coefficient (Wildman–Crippen LogP) is 0.730. The third-order valence-electron chi connectivity index (χ3n) is 2.37. The Morgan fingerprint density at radius 1 is 1.41 bits per heavy atom. The van der Waals surface area contributed by atoms with E-state index >= 15 is 0 Å². The largest absolute Gasteiger partial charge is 0.392 e. The maximum atomic E-state index is 12.2. The minimum Gasteiger partial charge on any atom is -0.392 e. The van der Waals surface area contributed by atoms with Gasteiger partial charge in [-0.15, -0.1) is 0 Å². The van der Waals surface area contributed by atoms with Crippen LogP contribution in [0.2, 0.25) is 0 Å². The molecule has 0 saturated carbocycles.